The average Bonchev–Trinajstić information content (AvgIpc) is 2.72. The Hall–Kier alpha value is -1.89. The van der Waals surface area contributed by atoms with Gasteiger partial charge in [-0.05, 0) is 31.0 Å². The Morgan fingerprint density at radius 1 is 1.33 bits per heavy atom. The molecule has 6 nitrogen and oxygen atoms in total. The lowest BCUT2D eigenvalue weighted by atomic mass is 10.0. The number of Topliss-reactive ketones (excluding diaryl/α,β-unsaturated/α-hetero) is 1. The molecule has 1 aliphatic rings. The van der Waals surface area contributed by atoms with Gasteiger partial charge in [0, 0.05) is 12.6 Å². The summed E-state index contributed by atoms with van der Waals surface area (Å²) in [7, 11) is -1.80. The Morgan fingerprint density at radius 2 is 2.10 bits per heavy atom. The van der Waals surface area contributed by atoms with Gasteiger partial charge >= 0.3 is 5.76 Å². The molecule has 1 aromatic carbocycles. The molecule has 21 heavy (non-hydrogen) atoms. The van der Waals surface area contributed by atoms with E-state index in [9.17, 15) is 18.0 Å². The zero-order valence-electron chi connectivity index (χ0n) is 11.5. The van der Waals surface area contributed by atoms with E-state index in [1.165, 1.54) is 10.6 Å². The van der Waals surface area contributed by atoms with E-state index in [1.54, 1.807) is 19.2 Å². The molecule has 3 rings (SSSR count). The lowest BCUT2D eigenvalue weighted by Gasteiger charge is -2.20. The highest BCUT2D eigenvalue weighted by molar-refractivity contribution is 7.92. The van der Waals surface area contributed by atoms with Crippen molar-refractivity contribution in [3.63, 3.8) is 0 Å². The molecule has 1 unspecified atom stereocenters. The third kappa shape index (κ3) is 2.31. The standard InChI is InChI=1S/C14H15NO5S/c1-15-10-6-5-9(8-11(10)20-14(15)17)13(16)12-4-2-3-7-21(12,18)19/h5-6,8,12H,2-4,7H2,1H3. The predicted molar refractivity (Wildman–Crippen MR) is 77.2 cm³/mol. The van der Waals surface area contributed by atoms with E-state index >= 15 is 0 Å². The van der Waals surface area contributed by atoms with Crippen LogP contribution >= 0.6 is 0 Å². The average molecular weight is 309 g/mol. The number of hydrogen-bond acceptors (Lipinski definition) is 5. The van der Waals surface area contributed by atoms with Crippen LogP contribution in [0.15, 0.2) is 27.4 Å². The molecule has 1 saturated heterocycles. The first-order chi connectivity index (χ1) is 9.90. The highest BCUT2D eigenvalue weighted by atomic mass is 32.2. The number of aryl methyl sites for hydroxylation is 1. The number of sulfone groups is 1. The Balaban J connectivity index is 2.04. The summed E-state index contributed by atoms with van der Waals surface area (Å²) < 4.78 is 30.4. The van der Waals surface area contributed by atoms with E-state index in [0.29, 0.717) is 23.9 Å². The molecule has 0 saturated carbocycles. The number of rotatable bonds is 2. The Bertz CT molecular complexity index is 874. The third-order valence-corrected chi connectivity index (χ3v) is 6.12. The van der Waals surface area contributed by atoms with Crippen LogP contribution in [0.4, 0.5) is 0 Å². The largest absolute Gasteiger partial charge is 0.419 e. The van der Waals surface area contributed by atoms with Crippen molar-refractivity contribution in [1.29, 1.82) is 0 Å². The summed E-state index contributed by atoms with van der Waals surface area (Å²) in [5.74, 6) is -0.866. The van der Waals surface area contributed by atoms with Gasteiger partial charge in [0.05, 0.1) is 11.3 Å². The topological polar surface area (TPSA) is 86.3 Å². The lowest BCUT2D eigenvalue weighted by Crippen LogP contribution is -2.35. The summed E-state index contributed by atoms with van der Waals surface area (Å²) in [6.07, 6.45) is 1.70. The van der Waals surface area contributed by atoms with Gasteiger partial charge in [-0.25, -0.2) is 13.2 Å². The number of ketones is 1. The van der Waals surface area contributed by atoms with Crippen molar-refractivity contribution in [2.75, 3.05) is 5.75 Å². The molecule has 1 aromatic heterocycles. The van der Waals surface area contributed by atoms with Gasteiger partial charge in [-0.3, -0.25) is 9.36 Å². The number of carbonyl (C=O) groups excluding carboxylic acids is 1. The molecule has 7 heteroatoms. The molecule has 0 N–H and O–H groups in total. The summed E-state index contributed by atoms with van der Waals surface area (Å²) in [6.45, 7) is 0. The molecule has 2 heterocycles. The normalized spacial score (nSPS) is 21.5. The zero-order valence-corrected chi connectivity index (χ0v) is 12.4. The second kappa shape index (κ2) is 4.84. The van der Waals surface area contributed by atoms with E-state index in [0.717, 1.165) is 6.42 Å². The highest BCUT2D eigenvalue weighted by Crippen LogP contribution is 2.24. The Kier molecular flexibility index (Phi) is 3.24. The van der Waals surface area contributed by atoms with Crippen molar-refractivity contribution in [3.8, 4) is 0 Å². The second-order valence-corrected chi connectivity index (χ2v) is 7.63. The number of hydrogen-bond donors (Lipinski definition) is 0. The van der Waals surface area contributed by atoms with Crippen LogP contribution in [0.2, 0.25) is 0 Å². The Labute approximate surface area is 121 Å². The molecule has 0 aliphatic carbocycles. The van der Waals surface area contributed by atoms with E-state index < -0.39 is 26.6 Å². The number of carbonyl (C=O) groups is 1. The minimum absolute atomic E-state index is 0.0616. The van der Waals surface area contributed by atoms with E-state index in [2.05, 4.69) is 0 Å². The third-order valence-electron chi connectivity index (χ3n) is 3.95. The fraction of sp³-hybridized carbons (Fsp3) is 0.429. The van der Waals surface area contributed by atoms with E-state index in [-0.39, 0.29) is 11.3 Å². The Morgan fingerprint density at radius 3 is 2.81 bits per heavy atom. The zero-order chi connectivity index (χ0) is 15.2. The maximum atomic E-state index is 12.4. The minimum Gasteiger partial charge on any atom is -0.408 e. The molecule has 1 aliphatic heterocycles. The smallest absolute Gasteiger partial charge is 0.408 e. The maximum Gasteiger partial charge on any atom is 0.419 e. The van der Waals surface area contributed by atoms with Gasteiger partial charge in [0.25, 0.3) is 0 Å². The number of aromatic nitrogens is 1. The highest BCUT2D eigenvalue weighted by Gasteiger charge is 2.35. The SMILES string of the molecule is Cn1c(=O)oc2cc(C(=O)C3CCCCS3(=O)=O)ccc21. The summed E-state index contributed by atoms with van der Waals surface area (Å²) in [5.41, 5.74) is 1.14. The summed E-state index contributed by atoms with van der Waals surface area (Å²) >= 11 is 0. The van der Waals surface area contributed by atoms with Gasteiger partial charge in [0.2, 0.25) is 0 Å². The molecule has 2 aromatic rings. The molecular weight excluding hydrogens is 294 g/mol. The number of fused-ring (bicyclic) bond motifs is 1. The summed E-state index contributed by atoms with van der Waals surface area (Å²) in [4.78, 5) is 23.9. The van der Waals surface area contributed by atoms with Crippen molar-refractivity contribution in [2.45, 2.75) is 24.5 Å². The van der Waals surface area contributed by atoms with E-state index in [1.807, 2.05) is 0 Å². The second-order valence-electron chi connectivity index (χ2n) is 5.33. The molecule has 0 amide bonds. The molecule has 0 spiro atoms. The van der Waals surface area contributed by atoms with Crippen molar-refractivity contribution < 1.29 is 17.6 Å². The molecule has 1 fully saturated rings. The van der Waals surface area contributed by atoms with Gasteiger partial charge in [-0.15, -0.1) is 0 Å². The van der Waals surface area contributed by atoms with Crippen molar-refractivity contribution in [2.24, 2.45) is 7.05 Å². The predicted octanol–water partition coefficient (Wildman–Crippen LogP) is 1.28. The van der Waals surface area contributed by atoms with Gasteiger partial charge < -0.3 is 4.42 Å². The molecule has 0 radical (unpaired) electrons. The minimum atomic E-state index is -3.37. The fourth-order valence-electron chi connectivity index (χ4n) is 2.72. The van der Waals surface area contributed by atoms with Crippen LogP contribution in [0.5, 0.6) is 0 Å². The molecule has 0 bridgehead atoms. The van der Waals surface area contributed by atoms with Gasteiger partial charge in [0.15, 0.2) is 21.2 Å². The van der Waals surface area contributed by atoms with Crippen LogP contribution < -0.4 is 5.76 Å². The van der Waals surface area contributed by atoms with Crippen LogP contribution in [0.3, 0.4) is 0 Å². The molecular formula is C14H15NO5S. The first kappa shape index (κ1) is 14.1. The van der Waals surface area contributed by atoms with Crippen molar-refractivity contribution in [3.05, 3.63) is 34.3 Å². The number of oxazole rings is 1. The van der Waals surface area contributed by atoms with Crippen LogP contribution in [-0.2, 0) is 16.9 Å². The monoisotopic (exact) mass is 309 g/mol. The van der Waals surface area contributed by atoms with Crippen molar-refractivity contribution in [1.82, 2.24) is 4.57 Å². The quantitative estimate of drug-likeness (QED) is 0.780. The summed E-state index contributed by atoms with van der Waals surface area (Å²) in [6, 6.07) is 4.59. The van der Waals surface area contributed by atoms with Gasteiger partial charge in [-0.2, -0.15) is 0 Å². The molecule has 1 atom stereocenters. The van der Waals surface area contributed by atoms with Gasteiger partial charge in [-0.1, -0.05) is 6.42 Å². The number of benzene rings is 1. The van der Waals surface area contributed by atoms with Gasteiger partial charge in [0.1, 0.15) is 5.25 Å². The van der Waals surface area contributed by atoms with Crippen LogP contribution in [0.25, 0.3) is 11.1 Å². The van der Waals surface area contributed by atoms with Crippen LogP contribution in [-0.4, -0.2) is 29.8 Å². The lowest BCUT2D eigenvalue weighted by molar-refractivity contribution is 0.0981. The molecule has 112 valence electrons. The maximum absolute atomic E-state index is 12.4. The first-order valence-corrected chi connectivity index (χ1v) is 8.47. The van der Waals surface area contributed by atoms with E-state index in [4.69, 9.17) is 4.42 Å². The van der Waals surface area contributed by atoms with Crippen LogP contribution in [0, 0.1) is 0 Å². The summed E-state index contributed by atoms with van der Waals surface area (Å²) in [5, 5.41) is -0.973. The first-order valence-electron chi connectivity index (χ1n) is 6.75. The number of nitrogens with zero attached hydrogens (tertiary/aromatic N) is 1. The fourth-order valence-corrected chi connectivity index (χ4v) is 4.60. The van der Waals surface area contributed by atoms with Crippen molar-refractivity contribution >= 4 is 26.7 Å². The van der Waals surface area contributed by atoms with Crippen LogP contribution in [0.1, 0.15) is 29.6 Å².